The molecule has 0 unspecified atom stereocenters. The number of benzene rings is 1. The molecule has 3 rings (SSSR count). The number of rotatable bonds is 3. The molecule has 0 radical (unpaired) electrons. The van der Waals surface area contributed by atoms with Gasteiger partial charge in [0.05, 0.1) is 27.4 Å². The zero-order valence-electron chi connectivity index (χ0n) is 9.42. The van der Waals surface area contributed by atoms with E-state index in [-0.39, 0.29) is 4.21 Å². The molecule has 0 spiro atoms. The third-order valence-electron chi connectivity index (χ3n) is 2.49. The molecule has 8 heteroatoms. The van der Waals surface area contributed by atoms with Crippen LogP contribution in [0.4, 0.5) is 5.69 Å². The summed E-state index contributed by atoms with van der Waals surface area (Å²) >= 11 is 6.76. The van der Waals surface area contributed by atoms with Crippen molar-refractivity contribution in [1.82, 2.24) is 9.97 Å². The minimum absolute atomic E-state index is 0.183. The Morgan fingerprint density at radius 3 is 2.84 bits per heavy atom. The number of anilines is 1. The predicted octanol–water partition coefficient (Wildman–Crippen LogP) is 3.08. The largest absolute Gasteiger partial charge is 0.345 e. The highest BCUT2D eigenvalue weighted by atomic mass is 35.5. The molecule has 3 aromatic rings. The maximum atomic E-state index is 12.1. The maximum Gasteiger partial charge on any atom is 0.271 e. The standard InChI is InChI=1S/C11H8ClN3O2S2/c12-10-3-4-11(18-10)19(16,17)15-7-1-2-8-9(5-7)14-6-13-8/h1-6,15H,(H,13,14). The van der Waals surface area contributed by atoms with Gasteiger partial charge in [0.25, 0.3) is 10.0 Å². The number of H-pyrrole nitrogens is 1. The van der Waals surface area contributed by atoms with Crippen LogP contribution in [-0.4, -0.2) is 18.4 Å². The van der Waals surface area contributed by atoms with Gasteiger partial charge in [0.2, 0.25) is 0 Å². The van der Waals surface area contributed by atoms with Gasteiger partial charge in [-0.3, -0.25) is 4.72 Å². The second-order valence-corrected chi connectivity index (χ2v) is 7.42. The summed E-state index contributed by atoms with van der Waals surface area (Å²) in [7, 11) is -3.59. The van der Waals surface area contributed by atoms with Crippen molar-refractivity contribution in [2.45, 2.75) is 4.21 Å². The second kappa shape index (κ2) is 4.52. The van der Waals surface area contributed by atoms with E-state index in [0.717, 1.165) is 22.4 Å². The van der Waals surface area contributed by atoms with Gasteiger partial charge in [-0.1, -0.05) is 11.6 Å². The van der Waals surface area contributed by atoms with E-state index in [2.05, 4.69) is 14.7 Å². The van der Waals surface area contributed by atoms with Gasteiger partial charge in [0.15, 0.2) is 0 Å². The summed E-state index contributed by atoms with van der Waals surface area (Å²) in [5.74, 6) is 0. The molecular formula is C11H8ClN3O2S2. The number of sulfonamides is 1. The summed E-state index contributed by atoms with van der Waals surface area (Å²) in [6.45, 7) is 0. The summed E-state index contributed by atoms with van der Waals surface area (Å²) in [6, 6.07) is 8.12. The molecule has 0 aliphatic carbocycles. The fourth-order valence-electron chi connectivity index (χ4n) is 1.65. The highest BCUT2D eigenvalue weighted by Crippen LogP contribution is 2.27. The Bertz CT molecular complexity index is 838. The molecule has 19 heavy (non-hydrogen) atoms. The van der Waals surface area contributed by atoms with Crippen molar-refractivity contribution in [3.63, 3.8) is 0 Å². The number of aromatic nitrogens is 2. The van der Waals surface area contributed by atoms with Crippen molar-refractivity contribution in [1.29, 1.82) is 0 Å². The van der Waals surface area contributed by atoms with Crippen LogP contribution in [0.15, 0.2) is 40.9 Å². The van der Waals surface area contributed by atoms with Crippen molar-refractivity contribution < 1.29 is 8.42 Å². The smallest absolute Gasteiger partial charge is 0.271 e. The van der Waals surface area contributed by atoms with Gasteiger partial charge in [0, 0.05) is 0 Å². The molecule has 0 atom stereocenters. The van der Waals surface area contributed by atoms with Crippen LogP contribution < -0.4 is 4.72 Å². The Morgan fingerprint density at radius 1 is 1.26 bits per heavy atom. The van der Waals surface area contributed by atoms with Gasteiger partial charge in [-0.2, -0.15) is 0 Å². The summed E-state index contributed by atoms with van der Waals surface area (Å²) in [5, 5.41) is 0. The Balaban J connectivity index is 1.95. The third kappa shape index (κ3) is 2.44. The third-order valence-corrected chi connectivity index (χ3v) is 5.59. The lowest BCUT2D eigenvalue weighted by Gasteiger charge is -2.05. The lowest BCUT2D eigenvalue weighted by atomic mass is 10.3. The average Bonchev–Trinajstić information content (AvgIpc) is 2.96. The van der Waals surface area contributed by atoms with Crippen molar-refractivity contribution >= 4 is 49.7 Å². The summed E-state index contributed by atoms with van der Waals surface area (Å²) in [5.41, 5.74) is 2.02. The number of halogens is 1. The molecule has 0 bridgehead atoms. The minimum atomic E-state index is -3.59. The van der Waals surface area contributed by atoms with Crippen molar-refractivity contribution in [2.24, 2.45) is 0 Å². The first-order valence-corrected chi connectivity index (χ1v) is 7.94. The fraction of sp³-hybridized carbons (Fsp3) is 0. The second-order valence-electron chi connectivity index (χ2n) is 3.80. The van der Waals surface area contributed by atoms with Crippen LogP contribution >= 0.6 is 22.9 Å². The predicted molar refractivity (Wildman–Crippen MR) is 76.2 cm³/mol. The van der Waals surface area contributed by atoms with E-state index in [1.807, 2.05) is 0 Å². The molecule has 98 valence electrons. The van der Waals surface area contributed by atoms with Crippen molar-refractivity contribution in [2.75, 3.05) is 4.72 Å². The number of imidazole rings is 1. The van der Waals surface area contributed by atoms with Gasteiger partial charge in [0.1, 0.15) is 4.21 Å². The van der Waals surface area contributed by atoms with Crippen LogP contribution in [0.1, 0.15) is 0 Å². The maximum absolute atomic E-state index is 12.1. The molecule has 0 amide bonds. The van der Waals surface area contributed by atoms with Gasteiger partial charge < -0.3 is 4.98 Å². The van der Waals surface area contributed by atoms with Gasteiger partial charge in [-0.05, 0) is 30.3 Å². The number of nitrogens with one attached hydrogen (secondary N) is 2. The number of hydrogen-bond acceptors (Lipinski definition) is 4. The van der Waals surface area contributed by atoms with Crippen molar-refractivity contribution in [3.05, 3.63) is 41.0 Å². The SMILES string of the molecule is O=S(=O)(Nc1ccc2nc[nH]c2c1)c1ccc(Cl)s1. The van der Waals surface area contributed by atoms with Gasteiger partial charge in [-0.25, -0.2) is 13.4 Å². The van der Waals surface area contributed by atoms with Crippen LogP contribution in [0.5, 0.6) is 0 Å². The van der Waals surface area contributed by atoms with E-state index in [0.29, 0.717) is 10.0 Å². The van der Waals surface area contributed by atoms with E-state index in [4.69, 9.17) is 11.6 Å². The first-order chi connectivity index (χ1) is 9.04. The quantitative estimate of drug-likeness (QED) is 0.780. The van der Waals surface area contributed by atoms with Crippen LogP contribution in [0.25, 0.3) is 11.0 Å². The zero-order chi connectivity index (χ0) is 13.5. The Kier molecular flexibility index (Phi) is 2.96. The molecule has 2 heterocycles. The first-order valence-electron chi connectivity index (χ1n) is 5.26. The molecule has 0 saturated heterocycles. The Hall–Kier alpha value is -1.57. The Morgan fingerprint density at radius 2 is 2.11 bits per heavy atom. The molecular weight excluding hydrogens is 306 g/mol. The number of aromatic amines is 1. The fourth-order valence-corrected chi connectivity index (χ4v) is 4.18. The number of fused-ring (bicyclic) bond motifs is 1. The zero-order valence-corrected chi connectivity index (χ0v) is 11.8. The molecule has 5 nitrogen and oxygen atoms in total. The molecule has 0 fully saturated rings. The van der Waals surface area contributed by atoms with E-state index in [1.165, 1.54) is 6.07 Å². The highest BCUT2D eigenvalue weighted by Gasteiger charge is 2.16. The first kappa shape index (κ1) is 12.5. The molecule has 1 aromatic carbocycles. The highest BCUT2D eigenvalue weighted by molar-refractivity contribution is 7.94. The summed E-state index contributed by atoms with van der Waals surface area (Å²) in [4.78, 5) is 6.99. The molecule has 2 N–H and O–H groups in total. The molecule has 0 aliphatic rings. The van der Waals surface area contributed by atoms with E-state index >= 15 is 0 Å². The summed E-state index contributed by atoms with van der Waals surface area (Å²) < 4.78 is 27.3. The number of thiophene rings is 1. The van der Waals surface area contributed by atoms with Crippen LogP contribution in [0.2, 0.25) is 4.34 Å². The van der Waals surface area contributed by atoms with Crippen LogP contribution in [-0.2, 0) is 10.0 Å². The van der Waals surface area contributed by atoms with Crippen LogP contribution in [0, 0.1) is 0 Å². The lowest BCUT2D eigenvalue weighted by Crippen LogP contribution is -2.11. The van der Waals surface area contributed by atoms with E-state index in [1.54, 1.807) is 30.6 Å². The monoisotopic (exact) mass is 313 g/mol. The molecule has 0 aliphatic heterocycles. The molecule has 0 saturated carbocycles. The molecule has 2 aromatic heterocycles. The number of nitrogens with zero attached hydrogens (tertiary/aromatic N) is 1. The normalized spacial score (nSPS) is 11.8. The average molecular weight is 314 g/mol. The summed E-state index contributed by atoms with van der Waals surface area (Å²) in [6.07, 6.45) is 1.56. The minimum Gasteiger partial charge on any atom is -0.345 e. The van der Waals surface area contributed by atoms with E-state index in [9.17, 15) is 8.42 Å². The van der Waals surface area contributed by atoms with Gasteiger partial charge in [-0.15, -0.1) is 11.3 Å². The number of hydrogen-bond donors (Lipinski definition) is 2. The lowest BCUT2D eigenvalue weighted by molar-refractivity contribution is 0.603. The Labute approximate surface area is 118 Å². The topological polar surface area (TPSA) is 74.8 Å². The van der Waals surface area contributed by atoms with E-state index < -0.39 is 10.0 Å². The van der Waals surface area contributed by atoms with Crippen molar-refractivity contribution in [3.8, 4) is 0 Å². The van der Waals surface area contributed by atoms with Gasteiger partial charge >= 0.3 is 0 Å². The van der Waals surface area contributed by atoms with Crippen LogP contribution in [0.3, 0.4) is 0 Å².